The summed E-state index contributed by atoms with van der Waals surface area (Å²) in [6.45, 7) is 0. The van der Waals surface area contributed by atoms with E-state index in [-0.39, 0.29) is 17.0 Å². The normalized spacial score (nSPS) is 11.1. The lowest BCUT2D eigenvalue weighted by Gasteiger charge is -2.11. The molecule has 1 amide bonds. The van der Waals surface area contributed by atoms with Gasteiger partial charge in [-0.05, 0) is 30.3 Å². The van der Waals surface area contributed by atoms with Crippen LogP contribution in [0.2, 0.25) is 5.02 Å². The van der Waals surface area contributed by atoms with E-state index in [0.29, 0.717) is 16.4 Å². The van der Waals surface area contributed by atoms with Gasteiger partial charge in [0, 0.05) is 13.2 Å². The van der Waals surface area contributed by atoms with Gasteiger partial charge in [0.15, 0.2) is 0 Å². The number of pyridine rings is 1. The van der Waals surface area contributed by atoms with E-state index in [0.717, 1.165) is 6.08 Å². The van der Waals surface area contributed by atoms with Gasteiger partial charge < -0.3 is 10.1 Å². The first-order chi connectivity index (χ1) is 13.0. The van der Waals surface area contributed by atoms with E-state index in [1.165, 1.54) is 17.6 Å². The summed E-state index contributed by atoms with van der Waals surface area (Å²) in [5, 5.41) is 11.9. The molecule has 134 valence electrons. The van der Waals surface area contributed by atoms with Gasteiger partial charge >= 0.3 is 0 Å². The number of nitrogens with zero attached hydrogens (tertiary/aromatic N) is 3. The van der Waals surface area contributed by atoms with E-state index in [1.54, 1.807) is 48.5 Å². The van der Waals surface area contributed by atoms with E-state index in [1.807, 2.05) is 0 Å². The molecule has 0 bridgehead atoms. The van der Waals surface area contributed by atoms with E-state index >= 15 is 0 Å². The van der Waals surface area contributed by atoms with E-state index in [9.17, 15) is 14.9 Å². The average molecular weight is 381 g/mol. The quantitative estimate of drug-likeness (QED) is 0.554. The average Bonchev–Trinajstić information content (AvgIpc) is 2.69. The fraction of sp³-hybridized carbons (Fsp3) is 0.0526. The number of aromatic nitrogens is 2. The van der Waals surface area contributed by atoms with E-state index < -0.39 is 11.5 Å². The van der Waals surface area contributed by atoms with Crippen LogP contribution >= 0.6 is 11.6 Å². The van der Waals surface area contributed by atoms with Crippen LogP contribution in [0.5, 0.6) is 11.6 Å². The molecule has 2 heterocycles. The Morgan fingerprint density at radius 2 is 2.04 bits per heavy atom. The summed E-state index contributed by atoms with van der Waals surface area (Å²) in [4.78, 5) is 29.1. The number of ether oxygens (including phenoxy) is 1. The number of rotatable bonds is 4. The summed E-state index contributed by atoms with van der Waals surface area (Å²) in [5.41, 5.74) is -0.436. The monoisotopic (exact) mass is 380 g/mol. The SMILES string of the molecule is CNC(=O)C(C#N)=Cc1c(Oc2ccccc2Cl)nc2ccccn2c1=O. The number of carbonyl (C=O) groups is 1. The van der Waals surface area contributed by atoms with Crippen LogP contribution in [0.4, 0.5) is 0 Å². The Labute approximate surface area is 159 Å². The molecule has 3 aromatic rings. The summed E-state index contributed by atoms with van der Waals surface area (Å²) >= 11 is 6.12. The molecule has 8 heteroatoms. The minimum atomic E-state index is -0.626. The molecule has 0 atom stereocenters. The molecule has 0 saturated heterocycles. The molecule has 0 aliphatic carbocycles. The van der Waals surface area contributed by atoms with E-state index in [4.69, 9.17) is 16.3 Å². The van der Waals surface area contributed by atoms with Gasteiger partial charge in [0.25, 0.3) is 11.5 Å². The highest BCUT2D eigenvalue weighted by Gasteiger charge is 2.17. The maximum absolute atomic E-state index is 12.9. The zero-order chi connectivity index (χ0) is 19.4. The smallest absolute Gasteiger partial charge is 0.269 e. The molecule has 7 nitrogen and oxygen atoms in total. The summed E-state index contributed by atoms with van der Waals surface area (Å²) in [6, 6.07) is 13.5. The number of nitrogens with one attached hydrogen (secondary N) is 1. The number of nitriles is 1. The van der Waals surface area contributed by atoms with Crippen LogP contribution in [0.3, 0.4) is 0 Å². The van der Waals surface area contributed by atoms with Crippen molar-refractivity contribution in [3.05, 3.63) is 75.2 Å². The van der Waals surface area contributed by atoms with Crippen LogP contribution in [0.15, 0.2) is 59.0 Å². The van der Waals surface area contributed by atoms with Gasteiger partial charge in [-0.25, -0.2) is 0 Å². The predicted molar refractivity (Wildman–Crippen MR) is 101 cm³/mol. The molecule has 0 aliphatic heterocycles. The number of hydrogen-bond donors (Lipinski definition) is 1. The highest BCUT2D eigenvalue weighted by Crippen LogP contribution is 2.29. The van der Waals surface area contributed by atoms with Crippen molar-refractivity contribution in [1.82, 2.24) is 14.7 Å². The molecule has 3 rings (SSSR count). The Kier molecular flexibility index (Phi) is 5.20. The topological polar surface area (TPSA) is 96.5 Å². The Balaban J connectivity index is 2.26. The number of amides is 1. The number of halogens is 1. The standard InChI is InChI=1S/C19H13ClN4O3/c1-22-17(25)12(11-21)10-13-18(27-15-7-3-2-6-14(15)20)23-16-8-4-5-9-24(16)19(13)26/h2-10H,1H3,(H,22,25). The largest absolute Gasteiger partial charge is 0.437 e. The second-order valence-corrected chi connectivity index (χ2v) is 5.75. The Morgan fingerprint density at radius 3 is 2.74 bits per heavy atom. The number of para-hydroxylation sites is 1. The fourth-order valence-electron chi connectivity index (χ4n) is 2.34. The van der Waals surface area contributed by atoms with Crippen molar-refractivity contribution in [3.8, 4) is 17.7 Å². The molecule has 0 aliphatic rings. The molecule has 1 aromatic carbocycles. The number of hydrogen-bond acceptors (Lipinski definition) is 5. The summed E-state index contributed by atoms with van der Waals surface area (Å²) in [5.74, 6) is -0.394. The first-order valence-electron chi connectivity index (χ1n) is 7.83. The number of fused-ring (bicyclic) bond motifs is 1. The van der Waals surface area contributed by atoms with Crippen molar-refractivity contribution >= 4 is 29.2 Å². The number of likely N-dealkylation sites (N-methyl/N-ethyl adjacent to an activating group) is 1. The lowest BCUT2D eigenvalue weighted by Crippen LogP contribution is -2.22. The first-order valence-corrected chi connectivity index (χ1v) is 8.20. The molecular formula is C19H13ClN4O3. The van der Waals surface area contributed by atoms with Crippen LogP contribution < -0.4 is 15.6 Å². The van der Waals surface area contributed by atoms with Crippen LogP contribution in [0, 0.1) is 11.3 Å². The molecule has 0 saturated carbocycles. The number of carbonyl (C=O) groups excluding carboxylic acids is 1. The minimum absolute atomic E-state index is 0.0428. The third kappa shape index (κ3) is 3.66. The molecule has 0 radical (unpaired) electrons. The van der Waals surface area contributed by atoms with Crippen molar-refractivity contribution in [2.24, 2.45) is 0 Å². The van der Waals surface area contributed by atoms with Gasteiger partial charge in [0.1, 0.15) is 28.6 Å². The van der Waals surface area contributed by atoms with Crippen molar-refractivity contribution in [3.63, 3.8) is 0 Å². The lowest BCUT2D eigenvalue weighted by atomic mass is 10.1. The molecule has 2 aromatic heterocycles. The molecular weight excluding hydrogens is 368 g/mol. The lowest BCUT2D eigenvalue weighted by molar-refractivity contribution is -0.116. The van der Waals surface area contributed by atoms with Gasteiger partial charge in [0.05, 0.1) is 5.02 Å². The summed E-state index contributed by atoms with van der Waals surface area (Å²) < 4.78 is 7.04. The Morgan fingerprint density at radius 1 is 1.30 bits per heavy atom. The van der Waals surface area contributed by atoms with Crippen LogP contribution in [0.1, 0.15) is 5.56 Å². The third-order valence-corrected chi connectivity index (χ3v) is 3.97. The maximum Gasteiger partial charge on any atom is 0.269 e. The van der Waals surface area contributed by atoms with Gasteiger partial charge in [-0.2, -0.15) is 10.2 Å². The van der Waals surface area contributed by atoms with Crippen molar-refractivity contribution in [2.75, 3.05) is 7.05 Å². The zero-order valence-corrected chi connectivity index (χ0v) is 14.9. The highest BCUT2D eigenvalue weighted by atomic mass is 35.5. The number of benzene rings is 1. The third-order valence-electron chi connectivity index (χ3n) is 3.66. The van der Waals surface area contributed by atoms with Crippen molar-refractivity contribution < 1.29 is 9.53 Å². The fourth-order valence-corrected chi connectivity index (χ4v) is 2.52. The second-order valence-electron chi connectivity index (χ2n) is 5.35. The Hall–Kier alpha value is -3.63. The first kappa shape index (κ1) is 18.2. The van der Waals surface area contributed by atoms with Crippen molar-refractivity contribution in [1.29, 1.82) is 5.26 Å². The van der Waals surface area contributed by atoms with E-state index in [2.05, 4.69) is 10.3 Å². The molecule has 0 fully saturated rings. The molecule has 1 N–H and O–H groups in total. The maximum atomic E-state index is 12.9. The van der Waals surface area contributed by atoms with Gasteiger partial charge in [-0.1, -0.05) is 29.8 Å². The van der Waals surface area contributed by atoms with Gasteiger partial charge in [0.2, 0.25) is 5.88 Å². The highest BCUT2D eigenvalue weighted by molar-refractivity contribution is 6.32. The van der Waals surface area contributed by atoms with Gasteiger partial charge in [-0.3, -0.25) is 14.0 Å². The van der Waals surface area contributed by atoms with Crippen LogP contribution in [-0.4, -0.2) is 22.3 Å². The molecule has 0 spiro atoms. The summed E-state index contributed by atoms with van der Waals surface area (Å²) in [7, 11) is 1.39. The van der Waals surface area contributed by atoms with Gasteiger partial charge in [-0.15, -0.1) is 0 Å². The van der Waals surface area contributed by atoms with Crippen molar-refractivity contribution in [2.45, 2.75) is 0 Å². The molecule has 0 unspecified atom stereocenters. The Bertz CT molecular complexity index is 1160. The second kappa shape index (κ2) is 7.72. The predicted octanol–water partition coefficient (Wildman–Crippen LogP) is 2.79. The zero-order valence-electron chi connectivity index (χ0n) is 14.1. The minimum Gasteiger partial charge on any atom is -0.437 e. The van der Waals surface area contributed by atoms with Crippen LogP contribution in [0.25, 0.3) is 11.7 Å². The van der Waals surface area contributed by atoms with Crippen LogP contribution in [-0.2, 0) is 4.79 Å². The summed E-state index contributed by atoms with van der Waals surface area (Å²) in [6.07, 6.45) is 2.69. The molecule has 27 heavy (non-hydrogen) atoms.